The molecule has 0 spiro atoms. The zero-order valence-electron chi connectivity index (χ0n) is 34.1. The van der Waals surface area contributed by atoms with Gasteiger partial charge in [0, 0.05) is 11.3 Å². The third-order valence-electron chi connectivity index (χ3n) is 17.1. The highest BCUT2D eigenvalue weighted by Gasteiger charge is 2.71. The summed E-state index contributed by atoms with van der Waals surface area (Å²) in [4.78, 5) is 28.1. The molecule has 4 saturated carbocycles. The van der Waals surface area contributed by atoms with Crippen LogP contribution < -0.4 is 0 Å². The zero-order valence-corrected chi connectivity index (χ0v) is 34.1. The van der Waals surface area contributed by atoms with Gasteiger partial charge in [0.25, 0.3) is 0 Å². The largest absolute Gasteiger partial charge is 0.432 e. The number of hydrogen-bond acceptors (Lipinski definition) is 14. The number of aliphatic hydroxyl groups excluding tert-OH is 8. The van der Waals surface area contributed by atoms with Crippen molar-refractivity contribution < 1.29 is 69.4 Å². The second kappa shape index (κ2) is 14.0. The summed E-state index contributed by atoms with van der Waals surface area (Å²) >= 11 is 0. The number of ketones is 1. The fourth-order valence-electron chi connectivity index (χ4n) is 13.4. The molecule has 2 aliphatic heterocycles. The van der Waals surface area contributed by atoms with Crippen LogP contribution in [0, 0.1) is 50.2 Å². The van der Waals surface area contributed by atoms with Gasteiger partial charge in [0.15, 0.2) is 12.1 Å². The van der Waals surface area contributed by atoms with Crippen LogP contribution in [0.2, 0.25) is 0 Å². The fourth-order valence-corrected chi connectivity index (χ4v) is 13.4. The van der Waals surface area contributed by atoms with Crippen molar-refractivity contribution in [1.82, 2.24) is 0 Å². The number of Topliss-reactive ketones (excluding diaryl/α,β-unsaturated/α-hetero) is 1. The van der Waals surface area contributed by atoms with Gasteiger partial charge in [0.2, 0.25) is 6.29 Å². The average Bonchev–Trinajstić information content (AvgIpc) is 3.13. The van der Waals surface area contributed by atoms with Gasteiger partial charge in [-0.15, -0.1) is 0 Å². The maximum atomic E-state index is 14.8. The molecule has 8 N–H and O–H groups in total. The number of carbonyl (C=O) groups is 2. The Morgan fingerprint density at radius 1 is 0.804 bits per heavy atom. The molecule has 2 heterocycles. The van der Waals surface area contributed by atoms with Crippen LogP contribution in [0.25, 0.3) is 0 Å². The number of esters is 1. The highest BCUT2D eigenvalue weighted by molar-refractivity contribution is 5.89. The zero-order chi connectivity index (χ0) is 41.3. The first kappa shape index (κ1) is 42.6. The van der Waals surface area contributed by atoms with Crippen LogP contribution in [0.3, 0.4) is 0 Å². The van der Waals surface area contributed by atoms with Crippen molar-refractivity contribution in [3.8, 4) is 0 Å². The first-order valence-electron chi connectivity index (χ1n) is 20.7. The molecule has 6 fully saturated rings. The van der Waals surface area contributed by atoms with E-state index < -0.39 is 114 Å². The minimum absolute atomic E-state index is 0.0875. The van der Waals surface area contributed by atoms with Gasteiger partial charge < -0.3 is 59.8 Å². The number of aliphatic hydroxyl groups is 8. The molecule has 0 unspecified atom stereocenters. The summed E-state index contributed by atoms with van der Waals surface area (Å²) in [5, 5.41) is 87.2. The maximum Gasteiger partial charge on any atom is 0.315 e. The van der Waals surface area contributed by atoms with Gasteiger partial charge in [-0.3, -0.25) is 9.59 Å². The van der Waals surface area contributed by atoms with Crippen LogP contribution in [0.4, 0.5) is 0 Å². The highest BCUT2D eigenvalue weighted by atomic mass is 16.7. The Kier molecular flexibility index (Phi) is 10.6. The standard InChI is InChI=1S/C42H66O14/c1-19-26(45)27(46)29(48)34(53-19)55-31-22(18-43)54-35(30(49)28(31)47)56-36(52)42-15-13-37(2,3)33(51)25(42)20-9-10-24-39(6)17-21(44)32(50)38(4,5)23(39)11-12-41(24,8)40(20,7)14-16-42/h9,19,21-31,33-35,43-49,51H,10-18H2,1-8H3/t19-,21-,22-,23+,24-,25-,26-,27+,28-,29+,30-,31-,33+,34-,35+,39+,40-,41-,42+/m1/s1. The molecule has 56 heavy (non-hydrogen) atoms. The van der Waals surface area contributed by atoms with Crippen molar-refractivity contribution in [2.75, 3.05) is 6.61 Å². The molecule has 0 aromatic heterocycles. The lowest BCUT2D eigenvalue weighted by molar-refractivity contribution is -0.354. The second-order valence-corrected chi connectivity index (χ2v) is 20.6. The molecular weight excluding hydrogens is 728 g/mol. The van der Waals surface area contributed by atoms with E-state index in [1.54, 1.807) is 0 Å². The van der Waals surface area contributed by atoms with E-state index in [0.717, 1.165) is 18.4 Å². The molecule has 0 aromatic rings. The summed E-state index contributed by atoms with van der Waals surface area (Å²) in [6.45, 7) is 15.5. The van der Waals surface area contributed by atoms with Crippen molar-refractivity contribution in [2.24, 2.45) is 50.2 Å². The number of ether oxygens (including phenoxy) is 4. The molecule has 0 bridgehead atoms. The molecule has 7 rings (SSSR count). The van der Waals surface area contributed by atoms with Crippen LogP contribution >= 0.6 is 0 Å². The lowest BCUT2D eigenvalue weighted by atomic mass is 9.33. The molecule has 318 valence electrons. The minimum Gasteiger partial charge on any atom is -0.432 e. The number of carbonyl (C=O) groups excluding carboxylic acids is 2. The SMILES string of the molecule is C[C@H]1O[C@H](O[C@H]2[C@H](O)[C@@H](O)[C@H](OC(=O)[C@]34CCC(C)(C)[C@@H](O)[C@H]3C3=CC[C@@H]5[C@@]6(C)C[C@@H](O)C(=O)C(C)(C)[C@@H]6CC[C@@]5(C)[C@]3(C)CC4)O[C@@H]2CO)[C@@H](O)[C@@H](O)[C@@H]1O. The molecule has 19 atom stereocenters. The van der Waals surface area contributed by atoms with E-state index in [-0.39, 0.29) is 28.4 Å². The monoisotopic (exact) mass is 794 g/mol. The third kappa shape index (κ3) is 5.89. The Morgan fingerprint density at radius 3 is 2.11 bits per heavy atom. The number of fused-ring (bicyclic) bond motifs is 7. The van der Waals surface area contributed by atoms with Crippen LogP contribution in [-0.2, 0) is 28.5 Å². The predicted octanol–water partition coefficient (Wildman–Crippen LogP) is 1.49. The lowest BCUT2D eigenvalue weighted by Crippen LogP contribution is -2.68. The Bertz CT molecular complexity index is 1580. The summed E-state index contributed by atoms with van der Waals surface area (Å²) in [6, 6.07) is 0. The van der Waals surface area contributed by atoms with Crippen LogP contribution in [0.15, 0.2) is 11.6 Å². The van der Waals surface area contributed by atoms with E-state index in [0.29, 0.717) is 38.5 Å². The third-order valence-corrected chi connectivity index (χ3v) is 17.1. The topological polar surface area (TPSA) is 233 Å². The molecule has 0 radical (unpaired) electrons. The van der Waals surface area contributed by atoms with Gasteiger partial charge >= 0.3 is 5.97 Å². The molecular formula is C42H66O14. The first-order chi connectivity index (χ1) is 25.9. The van der Waals surface area contributed by atoms with Gasteiger partial charge in [-0.05, 0) is 91.8 Å². The van der Waals surface area contributed by atoms with Gasteiger partial charge in [0.1, 0.15) is 48.8 Å². The number of hydrogen-bond donors (Lipinski definition) is 8. The molecule has 7 aliphatic rings. The van der Waals surface area contributed by atoms with Gasteiger partial charge in [-0.1, -0.05) is 60.1 Å². The lowest BCUT2D eigenvalue weighted by Gasteiger charge is -2.71. The first-order valence-corrected chi connectivity index (χ1v) is 20.7. The number of rotatable bonds is 5. The Morgan fingerprint density at radius 2 is 1.45 bits per heavy atom. The molecule has 5 aliphatic carbocycles. The summed E-state index contributed by atoms with van der Waals surface area (Å²) in [6.07, 6.45) is -10.4. The van der Waals surface area contributed by atoms with E-state index in [1.165, 1.54) is 6.92 Å². The van der Waals surface area contributed by atoms with E-state index in [2.05, 4.69) is 26.8 Å². The van der Waals surface area contributed by atoms with Crippen molar-refractivity contribution in [2.45, 2.75) is 180 Å². The van der Waals surface area contributed by atoms with Crippen LogP contribution in [0.1, 0.15) is 107 Å². The van der Waals surface area contributed by atoms with Crippen molar-refractivity contribution in [3.63, 3.8) is 0 Å². The van der Waals surface area contributed by atoms with Gasteiger partial charge in [-0.25, -0.2) is 0 Å². The summed E-state index contributed by atoms with van der Waals surface area (Å²) in [5.41, 5.74) is -2.38. The molecule has 14 heteroatoms. The van der Waals surface area contributed by atoms with E-state index in [1.807, 2.05) is 27.7 Å². The minimum atomic E-state index is -1.85. The van der Waals surface area contributed by atoms with Crippen LogP contribution in [0.5, 0.6) is 0 Å². The van der Waals surface area contributed by atoms with Crippen molar-refractivity contribution >= 4 is 11.8 Å². The average molecular weight is 795 g/mol. The van der Waals surface area contributed by atoms with Crippen molar-refractivity contribution in [3.05, 3.63) is 11.6 Å². The summed E-state index contributed by atoms with van der Waals surface area (Å²) < 4.78 is 23.2. The van der Waals surface area contributed by atoms with Crippen LogP contribution in [-0.4, -0.2) is 133 Å². The molecule has 14 nitrogen and oxygen atoms in total. The molecule has 0 amide bonds. The maximum absolute atomic E-state index is 14.8. The van der Waals surface area contributed by atoms with Gasteiger partial charge in [0.05, 0.1) is 24.2 Å². The van der Waals surface area contributed by atoms with Crippen molar-refractivity contribution in [1.29, 1.82) is 0 Å². The number of allylic oxidation sites excluding steroid dienone is 1. The quantitative estimate of drug-likeness (QED) is 0.146. The Balaban J connectivity index is 1.17. The smallest absolute Gasteiger partial charge is 0.315 e. The van der Waals surface area contributed by atoms with E-state index in [9.17, 15) is 50.4 Å². The van der Waals surface area contributed by atoms with E-state index >= 15 is 0 Å². The summed E-state index contributed by atoms with van der Waals surface area (Å²) in [5.74, 6) is -1.14. The summed E-state index contributed by atoms with van der Waals surface area (Å²) in [7, 11) is 0. The second-order valence-electron chi connectivity index (χ2n) is 20.6. The normalized spacial score (nSPS) is 53.8. The van der Waals surface area contributed by atoms with Gasteiger partial charge in [-0.2, -0.15) is 0 Å². The Hall–Kier alpha value is -1.56. The molecule has 0 aromatic carbocycles. The van der Waals surface area contributed by atoms with E-state index in [4.69, 9.17) is 18.9 Å². The Labute approximate surface area is 329 Å². The highest BCUT2D eigenvalue weighted by Crippen LogP contribution is 2.75. The fraction of sp³-hybridized carbons (Fsp3) is 0.905. The molecule has 2 saturated heterocycles. The predicted molar refractivity (Wildman–Crippen MR) is 198 cm³/mol.